The SMILES string of the molecule is C=C(/C=C\C(=C)C(C)CCC(C)C1CCC(C)CC1)C(=C)/C=C(/F)C(=C)C(F)(F)F. The zero-order chi connectivity index (χ0) is 23.1. The van der Waals surface area contributed by atoms with Gasteiger partial charge < -0.3 is 0 Å². The van der Waals surface area contributed by atoms with E-state index < -0.39 is 17.6 Å². The molecular formula is C26H36F4. The Morgan fingerprint density at radius 2 is 1.50 bits per heavy atom. The second-order valence-corrected chi connectivity index (χ2v) is 8.90. The molecule has 2 unspecified atom stereocenters. The Labute approximate surface area is 179 Å². The van der Waals surface area contributed by atoms with Gasteiger partial charge in [-0.05, 0) is 66.6 Å². The van der Waals surface area contributed by atoms with Gasteiger partial charge in [0.1, 0.15) is 5.83 Å². The molecular weight excluding hydrogens is 388 g/mol. The van der Waals surface area contributed by atoms with Crippen molar-refractivity contribution in [3.63, 3.8) is 0 Å². The third kappa shape index (κ3) is 8.49. The van der Waals surface area contributed by atoms with Gasteiger partial charge in [0.25, 0.3) is 0 Å². The van der Waals surface area contributed by atoms with Crippen LogP contribution in [-0.2, 0) is 0 Å². The minimum Gasteiger partial charge on any atom is -0.206 e. The zero-order valence-corrected chi connectivity index (χ0v) is 18.6. The largest absolute Gasteiger partial charge is 0.418 e. The van der Waals surface area contributed by atoms with Gasteiger partial charge >= 0.3 is 6.18 Å². The van der Waals surface area contributed by atoms with E-state index in [0.29, 0.717) is 17.6 Å². The third-order valence-corrected chi connectivity index (χ3v) is 6.40. The molecule has 0 aliphatic heterocycles. The van der Waals surface area contributed by atoms with Gasteiger partial charge in [0, 0.05) is 0 Å². The smallest absolute Gasteiger partial charge is 0.206 e. The van der Waals surface area contributed by atoms with Crippen molar-refractivity contribution in [2.75, 3.05) is 0 Å². The summed E-state index contributed by atoms with van der Waals surface area (Å²) in [5.41, 5.74) is -0.217. The maximum absolute atomic E-state index is 13.7. The van der Waals surface area contributed by atoms with Gasteiger partial charge in [0.2, 0.25) is 0 Å². The molecule has 0 saturated heterocycles. The van der Waals surface area contributed by atoms with Crippen LogP contribution in [0.2, 0.25) is 0 Å². The minimum absolute atomic E-state index is 0.0646. The van der Waals surface area contributed by atoms with E-state index in [1.165, 1.54) is 25.7 Å². The van der Waals surface area contributed by atoms with Crippen molar-refractivity contribution in [1.82, 2.24) is 0 Å². The number of hydrogen-bond donors (Lipinski definition) is 0. The van der Waals surface area contributed by atoms with Crippen LogP contribution in [0.4, 0.5) is 17.6 Å². The van der Waals surface area contributed by atoms with Crippen LogP contribution < -0.4 is 0 Å². The van der Waals surface area contributed by atoms with Crippen LogP contribution in [0, 0.1) is 23.7 Å². The molecule has 0 aromatic rings. The first kappa shape index (κ1) is 26.2. The fourth-order valence-corrected chi connectivity index (χ4v) is 3.74. The lowest BCUT2D eigenvalue weighted by Gasteiger charge is -2.31. The van der Waals surface area contributed by atoms with Crippen LogP contribution >= 0.6 is 0 Å². The van der Waals surface area contributed by atoms with Crippen molar-refractivity contribution in [3.8, 4) is 0 Å². The zero-order valence-electron chi connectivity index (χ0n) is 18.6. The van der Waals surface area contributed by atoms with Crippen LogP contribution in [0.3, 0.4) is 0 Å². The predicted octanol–water partition coefficient (Wildman–Crippen LogP) is 9.06. The standard InChI is InChI=1S/C26H36F4/c1-17-8-14-24(15-9-17)21(5)13-12-19(3)18(2)10-11-20(4)22(6)16-25(27)23(7)26(28,29)30/h10-11,16-17,19,21,24H,2,4,6-9,12-15H2,1,3,5H3/b11-10-,25-16+. The van der Waals surface area contributed by atoms with E-state index in [9.17, 15) is 17.6 Å². The molecule has 0 radical (unpaired) electrons. The van der Waals surface area contributed by atoms with Crippen LogP contribution in [-0.4, -0.2) is 6.18 Å². The molecule has 4 heteroatoms. The number of allylic oxidation sites excluding steroid dienone is 8. The molecule has 30 heavy (non-hydrogen) atoms. The molecule has 1 rings (SSSR count). The van der Waals surface area contributed by atoms with Crippen LogP contribution in [0.25, 0.3) is 0 Å². The summed E-state index contributed by atoms with van der Waals surface area (Å²) in [5.74, 6) is 1.19. The van der Waals surface area contributed by atoms with Crippen molar-refractivity contribution < 1.29 is 17.6 Å². The highest BCUT2D eigenvalue weighted by molar-refractivity contribution is 5.47. The Balaban J connectivity index is 2.52. The normalized spacial score (nSPS) is 22.6. The van der Waals surface area contributed by atoms with Gasteiger partial charge in [-0.25, -0.2) is 4.39 Å². The molecule has 0 aromatic heterocycles. The fraction of sp³-hybridized carbons (Fsp3) is 0.538. The summed E-state index contributed by atoms with van der Waals surface area (Å²) >= 11 is 0. The molecule has 1 aliphatic rings. The maximum Gasteiger partial charge on any atom is 0.418 e. The van der Waals surface area contributed by atoms with Gasteiger partial charge in [-0.1, -0.05) is 77.7 Å². The van der Waals surface area contributed by atoms with E-state index in [0.717, 1.165) is 30.3 Å². The average Bonchev–Trinajstić information content (AvgIpc) is 2.68. The number of hydrogen-bond acceptors (Lipinski definition) is 0. The van der Waals surface area contributed by atoms with Gasteiger partial charge in [-0.2, -0.15) is 13.2 Å². The van der Waals surface area contributed by atoms with E-state index in [4.69, 9.17) is 0 Å². The van der Waals surface area contributed by atoms with E-state index >= 15 is 0 Å². The summed E-state index contributed by atoms with van der Waals surface area (Å²) in [5, 5.41) is 0. The highest BCUT2D eigenvalue weighted by atomic mass is 19.4. The Bertz CT molecular complexity index is 697. The predicted molar refractivity (Wildman–Crippen MR) is 120 cm³/mol. The van der Waals surface area contributed by atoms with E-state index in [2.05, 4.69) is 47.1 Å². The highest BCUT2D eigenvalue weighted by Gasteiger charge is 2.34. The number of rotatable bonds is 10. The summed E-state index contributed by atoms with van der Waals surface area (Å²) in [6, 6.07) is 0. The van der Waals surface area contributed by atoms with Crippen LogP contribution in [0.15, 0.2) is 72.7 Å². The van der Waals surface area contributed by atoms with Crippen molar-refractivity contribution in [2.45, 2.75) is 65.5 Å². The second kappa shape index (κ2) is 11.5. The van der Waals surface area contributed by atoms with E-state index in [-0.39, 0.29) is 11.5 Å². The summed E-state index contributed by atoms with van der Waals surface area (Å²) in [6.07, 6.45) is 6.79. The molecule has 0 spiro atoms. The van der Waals surface area contributed by atoms with Gasteiger partial charge in [0.15, 0.2) is 0 Å². The molecule has 0 amide bonds. The quantitative estimate of drug-likeness (QED) is 0.242. The first-order valence-corrected chi connectivity index (χ1v) is 10.7. The Morgan fingerprint density at radius 3 is 2.03 bits per heavy atom. The molecule has 0 heterocycles. The molecule has 0 nitrogen and oxygen atoms in total. The molecule has 0 aromatic carbocycles. The highest BCUT2D eigenvalue weighted by Crippen LogP contribution is 2.36. The van der Waals surface area contributed by atoms with Crippen molar-refractivity contribution >= 4 is 0 Å². The number of alkyl halides is 3. The van der Waals surface area contributed by atoms with Crippen LogP contribution in [0.1, 0.15) is 59.3 Å². The fourth-order valence-electron chi connectivity index (χ4n) is 3.74. The summed E-state index contributed by atoms with van der Waals surface area (Å²) in [4.78, 5) is 0. The lowest BCUT2D eigenvalue weighted by Crippen LogP contribution is -2.19. The second-order valence-electron chi connectivity index (χ2n) is 8.90. The van der Waals surface area contributed by atoms with Gasteiger partial charge in [-0.15, -0.1) is 0 Å². The summed E-state index contributed by atoms with van der Waals surface area (Å²) in [6.45, 7) is 21.0. The molecule has 0 bridgehead atoms. The Kier molecular flexibility index (Phi) is 10.1. The first-order valence-electron chi connectivity index (χ1n) is 10.7. The van der Waals surface area contributed by atoms with Crippen molar-refractivity contribution in [2.24, 2.45) is 23.7 Å². The number of halogens is 4. The van der Waals surface area contributed by atoms with E-state index in [1.54, 1.807) is 12.2 Å². The van der Waals surface area contributed by atoms with Crippen LogP contribution in [0.5, 0.6) is 0 Å². The lowest BCUT2D eigenvalue weighted by molar-refractivity contribution is -0.0906. The van der Waals surface area contributed by atoms with E-state index in [1.807, 2.05) is 0 Å². The Hall–Kier alpha value is -1.84. The molecule has 1 fully saturated rings. The van der Waals surface area contributed by atoms with Gasteiger partial charge in [-0.3, -0.25) is 0 Å². The van der Waals surface area contributed by atoms with Crippen molar-refractivity contribution in [1.29, 1.82) is 0 Å². The lowest BCUT2D eigenvalue weighted by atomic mass is 9.75. The topological polar surface area (TPSA) is 0 Å². The molecule has 0 N–H and O–H groups in total. The molecule has 168 valence electrons. The molecule has 1 saturated carbocycles. The maximum atomic E-state index is 13.7. The average molecular weight is 425 g/mol. The monoisotopic (exact) mass is 424 g/mol. The molecule has 1 aliphatic carbocycles. The Morgan fingerprint density at radius 1 is 0.933 bits per heavy atom. The minimum atomic E-state index is -4.81. The molecule has 2 atom stereocenters. The summed E-state index contributed by atoms with van der Waals surface area (Å²) < 4.78 is 51.2. The van der Waals surface area contributed by atoms with Gasteiger partial charge in [0.05, 0.1) is 5.57 Å². The van der Waals surface area contributed by atoms with Crippen molar-refractivity contribution in [3.05, 3.63) is 72.7 Å². The third-order valence-electron chi connectivity index (χ3n) is 6.40. The first-order chi connectivity index (χ1) is 13.8. The summed E-state index contributed by atoms with van der Waals surface area (Å²) in [7, 11) is 0.